The number of aromatic hydroxyl groups is 1. The van der Waals surface area contributed by atoms with Crippen LogP contribution in [0.2, 0.25) is 5.02 Å². The first-order chi connectivity index (χ1) is 12.5. The number of benzene rings is 3. The maximum atomic E-state index is 12.9. The van der Waals surface area contributed by atoms with Crippen LogP contribution in [0.15, 0.2) is 66.7 Å². The lowest BCUT2D eigenvalue weighted by Gasteiger charge is -2.08. The number of hydrogen-bond acceptors (Lipinski definition) is 3. The zero-order chi connectivity index (χ0) is 18.5. The summed E-state index contributed by atoms with van der Waals surface area (Å²) < 4.78 is 18.5. The summed E-state index contributed by atoms with van der Waals surface area (Å²) in [6, 6.07) is 17.2. The zero-order valence-corrected chi connectivity index (χ0v) is 14.3. The second-order valence-corrected chi connectivity index (χ2v) is 5.96. The van der Waals surface area contributed by atoms with Gasteiger partial charge < -0.3 is 15.2 Å². The summed E-state index contributed by atoms with van der Waals surface area (Å²) in [5.41, 5.74) is 1.25. The minimum absolute atomic E-state index is 0.0695. The molecule has 0 fully saturated rings. The molecule has 0 bridgehead atoms. The maximum Gasteiger partial charge on any atom is 0.251 e. The molecule has 0 atom stereocenters. The molecule has 6 heteroatoms. The maximum absolute atomic E-state index is 12.9. The topological polar surface area (TPSA) is 58.6 Å². The highest BCUT2D eigenvalue weighted by atomic mass is 35.5. The van der Waals surface area contributed by atoms with Gasteiger partial charge in [0.15, 0.2) is 0 Å². The number of rotatable bonds is 5. The van der Waals surface area contributed by atoms with Gasteiger partial charge in [0.05, 0.1) is 5.02 Å². The molecule has 0 saturated carbocycles. The predicted molar refractivity (Wildman–Crippen MR) is 97.2 cm³/mol. The Morgan fingerprint density at radius 1 is 1.00 bits per heavy atom. The van der Waals surface area contributed by atoms with Crippen molar-refractivity contribution in [1.82, 2.24) is 5.32 Å². The Morgan fingerprint density at radius 3 is 2.23 bits per heavy atom. The molecule has 0 unspecified atom stereocenters. The third-order valence-electron chi connectivity index (χ3n) is 3.64. The number of halogens is 2. The van der Waals surface area contributed by atoms with E-state index in [4.69, 9.17) is 16.3 Å². The Labute approximate surface area is 154 Å². The van der Waals surface area contributed by atoms with E-state index in [2.05, 4.69) is 5.32 Å². The molecule has 0 spiro atoms. The highest BCUT2D eigenvalue weighted by molar-refractivity contribution is 6.32. The van der Waals surface area contributed by atoms with E-state index in [1.165, 1.54) is 30.3 Å². The Balaban J connectivity index is 1.57. The zero-order valence-electron chi connectivity index (χ0n) is 13.6. The Morgan fingerprint density at radius 2 is 1.62 bits per heavy atom. The largest absolute Gasteiger partial charge is 0.506 e. The number of phenols is 1. The van der Waals surface area contributed by atoms with E-state index in [0.717, 1.165) is 5.56 Å². The summed E-state index contributed by atoms with van der Waals surface area (Å²) in [5.74, 6) is 0.463. The molecule has 0 radical (unpaired) electrons. The molecule has 1 amide bonds. The third-order valence-corrected chi connectivity index (χ3v) is 3.94. The Hall–Kier alpha value is -3.05. The summed E-state index contributed by atoms with van der Waals surface area (Å²) in [6.45, 7) is 0.328. The summed E-state index contributed by atoms with van der Waals surface area (Å²) in [4.78, 5) is 12.1. The van der Waals surface area contributed by atoms with Gasteiger partial charge >= 0.3 is 0 Å². The number of carbonyl (C=O) groups is 1. The van der Waals surface area contributed by atoms with Gasteiger partial charge in [0.1, 0.15) is 23.1 Å². The van der Waals surface area contributed by atoms with Crippen LogP contribution >= 0.6 is 11.6 Å². The monoisotopic (exact) mass is 371 g/mol. The van der Waals surface area contributed by atoms with E-state index >= 15 is 0 Å². The summed E-state index contributed by atoms with van der Waals surface area (Å²) >= 11 is 5.80. The normalized spacial score (nSPS) is 10.4. The lowest BCUT2D eigenvalue weighted by Crippen LogP contribution is -2.22. The second kappa shape index (κ2) is 7.89. The SMILES string of the molecule is O=C(NCc1ccc(Oc2ccc(F)cc2)cc1)c1ccc(O)c(Cl)c1. The van der Waals surface area contributed by atoms with Crippen molar-refractivity contribution in [2.24, 2.45) is 0 Å². The molecule has 132 valence electrons. The standard InChI is InChI=1S/C20H15ClFNO3/c21-18-11-14(3-10-19(18)24)20(25)23-12-13-1-6-16(7-2-13)26-17-8-4-15(22)5-9-17/h1-11,24H,12H2,(H,23,25). The molecule has 0 aromatic heterocycles. The summed E-state index contributed by atoms with van der Waals surface area (Å²) in [5, 5.41) is 12.3. The van der Waals surface area contributed by atoms with Gasteiger partial charge in [0.2, 0.25) is 0 Å². The highest BCUT2D eigenvalue weighted by Gasteiger charge is 2.08. The molecule has 0 aliphatic heterocycles. The highest BCUT2D eigenvalue weighted by Crippen LogP contribution is 2.24. The van der Waals surface area contributed by atoms with Gasteiger partial charge in [-0.25, -0.2) is 4.39 Å². The smallest absolute Gasteiger partial charge is 0.251 e. The molecular formula is C20H15ClFNO3. The van der Waals surface area contributed by atoms with Gasteiger partial charge in [-0.1, -0.05) is 23.7 Å². The molecule has 3 aromatic rings. The van der Waals surface area contributed by atoms with Crippen LogP contribution in [0.1, 0.15) is 15.9 Å². The van der Waals surface area contributed by atoms with Crippen molar-refractivity contribution in [3.8, 4) is 17.2 Å². The number of carbonyl (C=O) groups excluding carboxylic acids is 1. The van der Waals surface area contributed by atoms with Crippen molar-refractivity contribution in [3.63, 3.8) is 0 Å². The second-order valence-electron chi connectivity index (χ2n) is 5.55. The van der Waals surface area contributed by atoms with Gasteiger partial charge in [-0.15, -0.1) is 0 Å². The molecule has 2 N–H and O–H groups in total. The Bertz CT molecular complexity index is 911. The summed E-state index contributed by atoms with van der Waals surface area (Å²) in [6.07, 6.45) is 0. The number of amides is 1. The molecule has 0 saturated heterocycles. The van der Waals surface area contributed by atoms with E-state index in [0.29, 0.717) is 23.6 Å². The van der Waals surface area contributed by atoms with Gasteiger partial charge in [0, 0.05) is 12.1 Å². The molecule has 0 aliphatic carbocycles. The van der Waals surface area contributed by atoms with Crippen LogP contribution in [-0.4, -0.2) is 11.0 Å². The molecule has 4 nitrogen and oxygen atoms in total. The first-order valence-electron chi connectivity index (χ1n) is 7.80. The van der Waals surface area contributed by atoms with Crippen molar-refractivity contribution >= 4 is 17.5 Å². The first kappa shape index (κ1) is 17.8. The lowest BCUT2D eigenvalue weighted by molar-refractivity contribution is 0.0951. The predicted octanol–water partition coefficient (Wildman–Crippen LogP) is 4.91. The number of hydrogen-bond donors (Lipinski definition) is 2. The van der Waals surface area contributed by atoms with Gasteiger partial charge in [-0.2, -0.15) is 0 Å². The van der Waals surface area contributed by atoms with Crippen molar-refractivity contribution < 1.29 is 19.0 Å². The van der Waals surface area contributed by atoms with E-state index in [-0.39, 0.29) is 22.5 Å². The van der Waals surface area contributed by atoms with Crippen molar-refractivity contribution in [3.05, 3.63) is 88.7 Å². The molecule has 0 heterocycles. The lowest BCUT2D eigenvalue weighted by atomic mass is 10.2. The average molecular weight is 372 g/mol. The van der Waals surface area contributed by atoms with Crippen LogP contribution in [0.3, 0.4) is 0 Å². The number of ether oxygens (including phenoxy) is 1. The van der Waals surface area contributed by atoms with Crippen LogP contribution < -0.4 is 10.1 Å². The quantitative estimate of drug-likeness (QED) is 0.670. The first-order valence-corrected chi connectivity index (χ1v) is 8.18. The fourth-order valence-corrected chi connectivity index (χ4v) is 2.43. The van der Waals surface area contributed by atoms with E-state index in [1.54, 1.807) is 24.3 Å². The third kappa shape index (κ3) is 4.52. The average Bonchev–Trinajstić information content (AvgIpc) is 2.65. The van der Waals surface area contributed by atoms with Crippen LogP contribution in [0.5, 0.6) is 17.2 Å². The van der Waals surface area contributed by atoms with Crippen LogP contribution in [0.25, 0.3) is 0 Å². The van der Waals surface area contributed by atoms with Gasteiger partial charge in [-0.05, 0) is 60.2 Å². The molecule has 3 aromatic carbocycles. The summed E-state index contributed by atoms with van der Waals surface area (Å²) in [7, 11) is 0. The van der Waals surface area contributed by atoms with Crippen molar-refractivity contribution in [2.45, 2.75) is 6.54 Å². The number of nitrogens with one attached hydrogen (secondary N) is 1. The Kier molecular flexibility index (Phi) is 5.39. The van der Waals surface area contributed by atoms with Crippen LogP contribution in [-0.2, 0) is 6.54 Å². The fourth-order valence-electron chi connectivity index (χ4n) is 2.25. The number of phenolic OH excluding ortho intramolecular Hbond substituents is 1. The minimum atomic E-state index is -0.321. The molecule has 3 rings (SSSR count). The van der Waals surface area contributed by atoms with Crippen molar-refractivity contribution in [2.75, 3.05) is 0 Å². The van der Waals surface area contributed by atoms with Crippen LogP contribution in [0.4, 0.5) is 4.39 Å². The van der Waals surface area contributed by atoms with Crippen molar-refractivity contribution in [1.29, 1.82) is 0 Å². The molecular weight excluding hydrogens is 357 g/mol. The van der Waals surface area contributed by atoms with Gasteiger partial charge in [0.25, 0.3) is 5.91 Å². The van der Waals surface area contributed by atoms with E-state index in [1.807, 2.05) is 12.1 Å². The van der Waals surface area contributed by atoms with E-state index < -0.39 is 0 Å². The molecule has 26 heavy (non-hydrogen) atoms. The van der Waals surface area contributed by atoms with Gasteiger partial charge in [-0.3, -0.25) is 4.79 Å². The minimum Gasteiger partial charge on any atom is -0.506 e. The molecule has 0 aliphatic rings. The fraction of sp³-hybridized carbons (Fsp3) is 0.0500. The van der Waals surface area contributed by atoms with Crippen LogP contribution in [0, 0.1) is 5.82 Å². The van der Waals surface area contributed by atoms with E-state index in [9.17, 15) is 14.3 Å².